The zero-order valence-electron chi connectivity index (χ0n) is 4.71. The van der Waals surface area contributed by atoms with Gasteiger partial charge in [-0.2, -0.15) is 16.8 Å². The number of halogens is 2. The predicted molar refractivity (Wildman–Crippen MR) is 23.2 cm³/mol. The standard InChI is InChI=1S/F2HNO4S2.Li/c1-8(4,5)3-9(2,6)7;/h3H;/q;+1. The van der Waals surface area contributed by atoms with Crippen molar-refractivity contribution in [3.8, 4) is 0 Å². The van der Waals surface area contributed by atoms with Crippen LogP contribution < -0.4 is 23.0 Å². The van der Waals surface area contributed by atoms with E-state index >= 15 is 0 Å². The molecule has 0 unspecified atom stereocenters. The maximum Gasteiger partial charge on any atom is 1.00 e. The van der Waals surface area contributed by atoms with Crippen LogP contribution in [0.5, 0.6) is 0 Å². The second kappa shape index (κ2) is 3.63. The molecule has 0 aliphatic heterocycles. The summed E-state index contributed by atoms with van der Waals surface area (Å²) in [6, 6.07) is 0. The molecule has 0 bridgehead atoms. The Labute approximate surface area is 68.7 Å². The van der Waals surface area contributed by atoms with Crippen LogP contribution in [0.1, 0.15) is 0 Å². The molecule has 0 rings (SSSR count). The fourth-order valence-corrected chi connectivity index (χ4v) is 1.07. The quantitative estimate of drug-likeness (QED) is 0.354. The van der Waals surface area contributed by atoms with Crippen LogP contribution in [0.15, 0.2) is 0 Å². The van der Waals surface area contributed by atoms with E-state index in [0.29, 0.717) is 0 Å². The SMILES string of the molecule is O=S(=O)(F)NS(=O)(=O)F.[Li+]. The molecular formula is HF2LiNO4S2+. The maximum absolute atomic E-state index is 11.1. The minimum atomic E-state index is -5.49. The first-order valence-corrected chi connectivity index (χ1v) is 4.15. The number of hydrogen-bond donors (Lipinski definition) is 1. The Bertz CT molecular complexity index is 246. The van der Waals surface area contributed by atoms with E-state index in [-0.39, 0.29) is 23.0 Å². The Kier molecular flexibility index (Phi) is 4.71. The van der Waals surface area contributed by atoms with Gasteiger partial charge in [0, 0.05) is 0 Å². The van der Waals surface area contributed by atoms with Gasteiger partial charge in [-0.15, -0.1) is 0 Å². The van der Waals surface area contributed by atoms with E-state index in [4.69, 9.17) is 0 Å². The Balaban J connectivity index is 0. The average Bonchev–Trinajstić information content (AvgIpc) is 1.14. The van der Waals surface area contributed by atoms with Crippen molar-refractivity contribution in [3.63, 3.8) is 0 Å². The summed E-state index contributed by atoms with van der Waals surface area (Å²) >= 11 is 0. The topological polar surface area (TPSA) is 80.3 Å². The summed E-state index contributed by atoms with van der Waals surface area (Å²) in [5, 5.41) is 0. The number of hydrogen-bond acceptors (Lipinski definition) is 4. The summed E-state index contributed by atoms with van der Waals surface area (Å²) in [5.41, 5.74) is 0. The molecule has 0 aliphatic carbocycles. The van der Waals surface area contributed by atoms with Crippen LogP contribution in [-0.4, -0.2) is 16.8 Å². The van der Waals surface area contributed by atoms with Crippen molar-refractivity contribution < 1.29 is 43.5 Å². The minimum absolute atomic E-state index is 0. The third-order valence-electron chi connectivity index (χ3n) is 0.199. The zero-order chi connectivity index (χ0) is 7.71. The molecule has 56 valence electrons. The first-order valence-electron chi connectivity index (χ1n) is 1.38. The molecule has 0 atom stereocenters. The van der Waals surface area contributed by atoms with Gasteiger partial charge in [0.2, 0.25) is 0 Å². The molecular weight excluding hydrogens is 187 g/mol. The molecule has 0 spiro atoms. The number of rotatable bonds is 2. The Hall–Kier alpha value is 0.317. The van der Waals surface area contributed by atoms with Gasteiger partial charge in [-0.3, -0.25) is 0 Å². The molecule has 0 aromatic heterocycles. The first kappa shape index (κ1) is 12.9. The van der Waals surface area contributed by atoms with E-state index < -0.39 is 20.8 Å². The first-order chi connectivity index (χ1) is 3.71. The molecule has 5 nitrogen and oxygen atoms in total. The van der Waals surface area contributed by atoms with Crippen molar-refractivity contribution in [2.45, 2.75) is 0 Å². The smallest absolute Gasteiger partial charge is 0.176 e. The van der Waals surface area contributed by atoms with Gasteiger partial charge < -0.3 is 0 Å². The average molecular weight is 188 g/mol. The van der Waals surface area contributed by atoms with Gasteiger partial charge >= 0.3 is 39.7 Å². The van der Waals surface area contributed by atoms with Crippen molar-refractivity contribution in [1.29, 1.82) is 0 Å². The molecule has 0 heterocycles. The molecule has 0 radical (unpaired) electrons. The Morgan fingerprint density at radius 3 is 1.10 bits per heavy atom. The Morgan fingerprint density at radius 1 is 0.900 bits per heavy atom. The van der Waals surface area contributed by atoms with Gasteiger partial charge in [0.05, 0.1) is 0 Å². The van der Waals surface area contributed by atoms with Crippen molar-refractivity contribution in [3.05, 3.63) is 0 Å². The summed E-state index contributed by atoms with van der Waals surface area (Å²) in [6.45, 7) is 0. The Morgan fingerprint density at radius 2 is 1.10 bits per heavy atom. The normalized spacial score (nSPS) is 12.2. The van der Waals surface area contributed by atoms with E-state index in [1.807, 2.05) is 0 Å². The van der Waals surface area contributed by atoms with Crippen LogP contribution in [0.2, 0.25) is 0 Å². The summed E-state index contributed by atoms with van der Waals surface area (Å²) in [4.78, 5) is 0. The largest absolute Gasteiger partial charge is 1.00 e. The maximum atomic E-state index is 11.1. The molecule has 0 saturated heterocycles. The van der Waals surface area contributed by atoms with Crippen LogP contribution in [-0.2, 0) is 20.8 Å². The van der Waals surface area contributed by atoms with Gasteiger partial charge in [0.1, 0.15) is 0 Å². The van der Waals surface area contributed by atoms with Crippen LogP contribution >= 0.6 is 0 Å². The fraction of sp³-hybridized carbons (Fsp3) is 0. The molecule has 0 saturated carbocycles. The molecule has 0 aromatic rings. The summed E-state index contributed by atoms with van der Waals surface area (Å²) < 4.78 is 59.3. The van der Waals surface area contributed by atoms with Crippen molar-refractivity contribution in [2.75, 3.05) is 0 Å². The molecule has 0 aromatic carbocycles. The third kappa shape index (κ3) is 11.2. The van der Waals surface area contributed by atoms with Gasteiger partial charge in [-0.1, -0.05) is 11.9 Å². The number of nitrogens with one attached hydrogen (secondary N) is 1. The van der Waals surface area contributed by atoms with E-state index in [9.17, 15) is 24.6 Å². The van der Waals surface area contributed by atoms with Crippen LogP contribution in [0, 0.1) is 0 Å². The van der Waals surface area contributed by atoms with E-state index in [0.717, 1.165) is 0 Å². The van der Waals surface area contributed by atoms with E-state index in [1.54, 1.807) is 0 Å². The van der Waals surface area contributed by atoms with Gasteiger partial charge in [-0.05, 0) is 0 Å². The van der Waals surface area contributed by atoms with Gasteiger partial charge in [0.25, 0.3) is 0 Å². The second-order valence-corrected chi connectivity index (χ2v) is 3.38. The fourth-order valence-electron chi connectivity index (χ4n) is 0.119. The van der Waals surface area contributed by atoms with Crippen LogP contribution in [0.25, 0.3) is 0 Å². The third-order valence-corrected chi connectivity index (χ3v) is 1.79. The second-order valence-electron chi connectivity index (χ2n) is 0.959. The predicted octanol–water partition coefficient (Wildman–Crippen LogP) is -3.99. The summed E-state index contributed by atoms with van der Waals surface area (Å²) in [7, 11) is -11.0. The molecule has 0 aliphatic rings. The molecule has 0 fully saturated rings. The van der Waals surface area contributed by atoms with Gasteiger partial charge in [-0.25, -0.2) is 0 Å². The molecule has 10 heteroatoms. The summed E-state index contributed by atoms with van der Waals surface area (Å²) in [5.74, 6) is 0. The van der Waals surface area contributed by atoms with Gasteiger partial charge in [0.15, 0.2) is 0 Å². The van der Waals surface area contributed by atoms with E-state index in [1.165, 1.54) is 0 Å². The van der Waals surface area contributed by atoms with Crippen molar-refractivity contribution in [2.24, 2.45) is 0 Å². The minimum Gasteiger partial charge on any atom is -0.176 e. The molecule has 0 amide bonds. The summed E-state index contributed by atoms with van der Waals surface area (Å²) in [6.07, 6.45) is 0. The molecule has 1 N–H and O–H groups in total. The van der Waals surface area contributed by atoms with Crippen molar-refractivity contribution in [1.82, 2.24) is 4.13 Å². The van der Waals surface area contributed by atoms with Crippen molar-refractivity contribution >= 4 is 20.8 Å². The molecule has 10 heavy (non-hydrogen) atoms. The van der Waals surface area contributed by atoms with E-state index in [2.05, 4.69) is 0 Å². The monoisotopic (exact) mass is 188 g/mol. The van der Waals surface area contributed by atoms with Crippen LogP contribution in [0.3, 0.4) is 0 Å². The van der Waals surface area contributed by atoms with Crippen LogP contribution in [0.4, 0.5) is 7.77 Å². The zero-order valence-corrected chi connectivity index (χ0v) is 6.34.